The maximum Gasteiger partial charge on any atom is 0.255 e. The smallest absolute Gasteiger partial charge is 0.255 e. The van der Waals surface area contributed by atoms with Crippen molar-refractivity contribution in [3.8, 4) is 17.2 Å². The lowest BCUT2D eigenvalue weighted by Crippen LogP contribution is -2.52. The lowest BCUT2D eigenvalue weighted by Gasteiger charge is -2.25. The molecule has 1 amide bonds. The Morgan fingerprint density at radius 1 is 1.14 bits per heavy atom. The molecule has 0 aliphatic carbocycles. The van der Waals surface area contributed by atoms with Gasteiger partial charge in [0, 0.05) is 0 Å². The summed E-state index contributed by atoms with van der Waals surface area (Å²) < 4.78 is 15.7. The molecule has 0 saturated carbocycles. The van der Waals surface area contributed by atoms with Gasteiger partial charge in [0.1, 0.15) is 0 Å². The number of ether oxygens (including phenoxy) is 3. The van der Waals surface area contributed by atoms with E-state index in [4.69, 9.17) is 32.2 Å². The second-order valence-corrected chi connectivity index (χ2v) is 5.27. The van der Waals surface area contributed by atoms with Gasteiger partial charge in [0.25, 0.3) is 5.91 Å². The van der Waals surface area contributed by atoms with Crippen LogP contribution in [-0.2, 0) is 0 Å². The van der Waals surface area contributed by atoms with Crippen molar-refractivity contribution in [2.24, 2.45) is 5.73 Å². The van der Waals surface area contributed by atoms with E-state index in [0.717, 1.165) is 0 Å². The molecule has 3 N–H and O–H groups in total. The van der Waals surface area contributed by atoms with Gasteiger partial charge in [-0.25, -0.2) is 0 Å². The first-order valence-corrected chi connectivity index (χ1v) is 6.60. The average Bonchev–Trinajstić information content (AvgIpc) is 2.44. The minimum Gasteiger partial charge on any atom is -0.493 e. The van der Waals surface area contributed by atoms with Gasteiger partial charge in [-0.1, -0.05) is 12.2 Å². The first-order chi connectivity index (χ1) is 9.78. The van der Waals surface area contributed by atoms with Crippen LogP contribution >= 0.6 is 12.2 Å². The molecule has 1 rings (SSSR count). The number of thiocarbonyl (C=S) groups is 1. The van der Waals surface area contributed by atoms with Crippen LogP contribution in [0.15, 0.2) is 12.1 Å². The van der Waals surface area contributed by atoms with Gasteiger partial charge in [0.05, 0.1) is 37.4 Å². The zero-order valence-corrected chi connectivity index (χ0v) is 13.6. The number of methoxy groups -OCH3 is 3. The second-order valence-electron chi connectivity index (χ2n) is 4.83. The SMILES string of the molecule is COc1ccc(C(=O)NC(C)(C)C(N)=S)c(OC)c1OC. The summed E-state index contributed by atoms with van der Waals surface area (Å²) in [5.74, 6) is 0.735. The molecule has 0 aliphatic heterocycles. The predicted octanol–water partition coefficient (Wildman–Crippen LogP) is 1.51. The fourth-order valence-corrected chi connectivity index (χ4v) is 1.74. The highest BCUT2D eigenvalue weighted by molar-refractivity contribution is 7.80. The van der Waals surface area contributed by atoms with E-state index in [9.17, 15) is 4.79 Å². The van der Waals surface area contributed by atoms with Crippen molar-refractivity contribution >= 4 is 23.1 Å². The number of hydrogen-bond donors (Lipinski definition) is 2. The molecule has 116 valence electrons. The van der Waals surface area contributed by atoms with Gasteiger partial charge in [0.15, 0.2) is 11.5 Å². The Bertz CT molecular complexity index is 558. The Balaban J connectivity index is 3.25. The summed E-state index contributed by atoms with van der Waals surface area (Å²) in [6.07, 6.45) is 0. The lowest BCUT2D eigenvalue weighted by atomic mass is 10.0. The van der Waals surface area contributed by atoms with Crippen molar-refractivity contribution in [3.63, 3.8) is 0 Å². The molecule has 0 aromatic heterocycles. The third kappa shape index (κ3) is 3.55. The lowest BCUT2D eigenvalue weighted by molar-refractivity contribution is 0.0928. The third-order valence-electron chi connectivity index (χ3n) is 2.99. The van der Waals surface area contributed by atoms with Crippen LogP contribution in [0.5, 0.6) is 17.2 Å². The molecule has 0 saturated heterocycles. The standard InChI is InChI=1S/C14H20N2O4S/c1-14(2,13(15)21)16-12(17)8-6-7-9(18-3)11(20-5)10(8)19-4/h6-7H,1-5H3,(H2,15,21)(H,16,17). The van der Waals surface area contributed by atoms with Crippen molar-refractivity contribution < 1.29 is 19.0 Å². The Kier molecular flexibility index (Phi) is 5.37. The monoisotopic (exact) mass is 312 g/mol. The molecule has 0 radical (unpaired) electrons. The van der Waals surface area contributed by atoms with Crippen LogP contribution < -0.4 is 25.3 Å². The van der Waals surface area contributed by atoms with Crippen molar-refractivity contribution in [1.82, 2.24) is 5.32 Å². The van der Waals surface area contributed by atoms with E-state index in [-0.39, 0.29) is 16.6 Å². The number of nitrogens with two attached hydrogens (primary N) is 1. The number of carbonyl (C=O) groups is 1. The Hall–Kier alpha value is -2.02. The molecule has 1 aromatic carbocycles. The maximum atomic E-state index is 12.4. The molecule has 21 heavy (non-hydrogen) atoms. The molecule has 0 spiro atoms. The van der Waals surface area contributed by atoms with Crippen LogP contribution in [0.4, 0.5) is 0 Å². The van der Waals surface area contributed by atoms with Gasteiger partial charge in [-0.2, -0.15) is 0 Å². The number of amides is 1. The third-order valence-corrected chi connectivity index (χ3v) is 3.50. The van der Waals surface area contributed by atoms with Crippen LogP contribution in [0, 0.1) is 0 Å². The van der Waals surface area contributed by atoms with E-state index in [2.05, 4.69) is 5.32 Å². The molecule has 6 nitrogen and oxygen atoms in total. The molecular formula is C14H20N2O4S. The van der Waals surface area contributed by atoms with Crippen molar-refractivity contribution in [2.75, 3.05) is 21.3 Å². The normalized spacial score (nSPS) is 10.7. The molecule has 7 heteroatoms. The van der Waals surface area contributed by atoms with E-state index >= 15 is 0 Å². The summed E-state index contributed by atoms with van der Waals surface area (Å²) in [4.78, 5) is 12.6. The number of rotatable bonds is 6. The molecule has 0 atom stereocenters. The molecule has 0 unspecified atom stereocenters. The fourth-order valence-electron chi connectivity index (χ4n) is 1.69. The topological polar surface area (TPSA) is 82.8 Å². The summed E-state index contributed by atoms with van der Waals surface area (Å²) in [5, 5.41) is 2.75. The van der Waals surface area contributed by atoms with Crippen molar-refractivity contribution in [3.05, 3.63) is 17.7 Å². The van der Waals surface area contributed by atoms with Gasteiger partial charge in [-0.15, -0.1) is 0 Å². The molecular weight excluding hydrogens is 292 g/mol. The number of benzene rings is 1. The minimum atomic E-state index is -0.815. The van der Waals surface area contributed by atoms with Crippen molar-refractivity contribution in [2.45, 2.75) is 19.4 Å². The Morgan fingerprint density at radius 3 is 2.14 bits per heavy atom. The van der Waals surface area contributed by atoms with Crippen LogP contribution in [0.3, 0.4) is 0 Å². The summed E-state index contributed by atoms with van der Waals surface area (Å²) in [5.41, 5.74) is 5.10. The van der Waals surface area contributed by atoms with Crippen LogP contribution in [0.25, 0.3) is 0 Å². The van der Waals surface area contributed by atoms with Crippen LogP contribution in [0.1, 0.15) is 24.2 Å². The summed E-state index contributed by atoms with van der Waals surface area (Å²) in [6, 6.07) is 3.22. The molecule has 0 aliphatic rings. The van der Waals surface area contributed by atoms with Crippen LogP contribution in [-0.4, -0.2) is 37.8 Å². The summed E-state index contributed by atoms with van der Waals surface area (Å²) in [7, 11) is 4.43. The minimum absolute atomic E-state index is 0.190. The van der Waals surface area contributed by atoms with Crippen LogP contribution in [0.2, 0.25) is 0 Å². The highest BCUT2D eigenvalue weighted by Gasteiger charge is 2.27. The quantitative estimate of drug-likeness (QED) is 0.775. The highest BCUT2D eigenvalue weighted by atomic mass is 32.1. The predicted molar refractivity (Wildman–Crippen MR) is 84.4 cm³/mol. The molecule has 1 aromatic rings. The van der Waals surface area contributed by atoms with E-state index < -0.39 is 5.54 Å². The summed E-state index contributed by atoms with van der Waals surface area (Å²) in [6.45, 7) is 3.45. The van der Waals surface area contributed by atoms with E-state index in [1.54, 1.807) is 26.0 Å². The largest absolute Gasteiger partial charge is 0.493 e. The van der Waals surface area contributed by atoms with E-state index in [1.807, 2.05) is 0 Å². The van der Waals surface area contributed by atoms with E-state index in [1.165, 1.54) is 21.3 Å². The second kappa shape index (κ2) is 6.62. The fraction of sp³-hybridized carbons (Fsp3) is 0.429. The van der Waals surface area contributed by atoms with Gasteiger partial charge in [-0.05, 0) is 26.0 Å². The van der Waals surface area contributed by atoms with Gasteiger partial charge >= 0.3 is 0 Å². The van der Waals surface area contributed by atoms with Gasteiger partial charge in [-0.3, -0.25) is 4.79 Å². The molecule has 0 bridgehead atoms. The van der Waals surface area contributed by atoms with E-state index in [0.29, 0.717) is 17.1 Å². The van der Waals surface area contributed by atoms with Crippen molar-refractivity contribution in [1.29, 1.82) is 0 Å². The number of nitrogens with one attached hydrogen (secondary N) is 1. The zero-order chi connectivity index (χ0) is 16.2. The van der Waals surface area contributed by atoms with Gasteiger partial charge in [0.2, 0.25) is 5.75 Å². The highest BCUT2D eigenvalue weighted by Crippen LogP contribution is 2.39. The zero-order valence-electron chi connectivity index (χ0n) is 12.8. The Morgan fingerprint density at radius 2 is 1.71 bits per heavy atom. The average molecular weight is 312 g/mol. The van der Waals surface area contributed by atoms with Gasteiger partial charge < -0.3 is 25.3 Å². The number of hydrogen-bond acceptors (Lipinski definition) is 5. The Labute approximate surface area is 129 Å². The first-order valence-electron chi connectivity index (χ1n) is 6.19. The molecule has 0 fully saturated rings. The molecule has 0 heterocycles. The maximum absolute atomic E-state index is 12.4. The number of carbonyl (C=O) groups excluding carboxylic acids is 1. The first kappa shape index (κ1) is 17.0. The summed E-state index contributed by atoms with van der Waals surface area (Å²) >= 11 is 4.94.